The number of ketones is 2. The fourth-order valence-corrected chi connectivity index (χ4v) is 9.66. The molecule has 3 aliphatic heterocycles. The first-order valence-corrected chi connectivity index (χ1v) is 20.7. The molecule has 0 aromatic rings. The molecular weight excluding hydrogens is 722 g/mol. The van der Waals surface area contributed by atoms with Crippen molar-refractivity contribution in [1.29, 1.82) is 0 Å². The number of methoxy groups -OCH3 is 3. The first-order chi connectivity index (χ1) is 26.5. The summed E-state index contributed by atoms with van der Waals surface area (Å²) in [5.74, 6) is -7.66. The van der Waals surface area contributed by atoms with Gasteiger partial charge in [0.1, 0.15) is 24.0 Å². The van der Waals surface area contributed by atoms with E-state index in [2.05, 4.69) is 6.58 Å². The molecule has 13 nitrogen and oxygen atoms in total. The topological polar surface area (TPSA) is 178 Å². The Hall–Kier alpha value is -2.52. The normalized spacial score (nSPS) is 41.8. The lowest BCUT2D eigenvalue weighted by molar-refractivity contribution is -0.302. The van der Waals surface area contributed by atoms with Crippen LogP contribution in [0, 0.1) is 35.5 Å². The number of Topliss-reactive ketones (excluding diaryl/α,β-unsaturated/α-hetero) is 2. The minimum Gasteiger partial charge on any atom is -0.456 e. The van der Waals surface area contributed by atoms with Gasteiger partial charge >= 0.3 is 5.97 Å². The van der Waals surface area contributed by atoms with Gasteiger partial charge in [-0.2, -0.15) is 0 Å². The Morgan fingerprint density at radius 2 is 1.55 bits per heavy atom. The minimum absolute atomic E-state index is 0.000292. The minimum atomic E-state index is -2.51. The molecule has 4 fully saturated rings. The van der Waals surface area contributed by atoms with Crippen LogP contribution in [0.5, 0.6) is 0 Å². The van der Waals surface area contributed by atoms with Crippen molar-refractivity contribution in [2.24, 2.45) is 35.5 Å². The van der Waals surface area contributed by atoms with Gasteiger partial charge < -0.3 is 43.9 Å². The van der Waals surface area contributed by atoms with E-state index in [0.29, 0.717) is 56.9 Å². The highest BCUT2D eigenvalue weighted by Crippen LogP contribution is 2.40. The number of hydrogen-bond acceptors (Lipinski definition) is 12. The van der Waals surface area contributed by atoms with Crippen LogP contribution in [0.3, 0.4) is 0 Å². The number of ether oxygens (including phenoxy) is 5. The maximum absolute atomic E-state index is 14.3. The van der Waals surface area contributed by atoms with Gasteiger partial charge in [0.25, 0.3) is 11.7 Å². The monoisotopic (exact) mass is 791 g/mol. The third-order valence-corrected chi connectivity index (χ3v) is 13.2. The Morgan fingerprint density at radius 1 is 0.893 bits per heavy atom. The van der Waals surface area contributed by atoms with Crippen molar-refractivity contribution in [2.75, 3.05) is 27.9 Å². The summed E-state index contributed by atoms with van der Waals surface area (Å²) >= 11 is 0. The van der Waals surface area contributed by atoms with Crippen LogP contribution in [0.25, 0.3) is 0 Å². The molecule has 4 rings (SSSR count). The van der Waals surface area contributed by atoms with Crippen LogP contribution >= 0.6 is 0 Å². The average Bonchev–Trinajstić information content (AvgIpc) is 3.18. The molecule has 4 aliphatic rings. The third-order valence-electron chi connectivity index (χ3n) is 13.2. The number of nitrogens with zero attached hydrogens (tertiary/aromatic N) is 1. The predicted molar refractivity (Wildman–Crippen MR) is 208 cm³/mol. The van der Waals surface area contributed by atoms with Gasteiger partial charge in [-0.25, -0.2) is 4.79 Å². The second kappa shape index (κ2) is 20.4. The van der Waals surface area contributed by atoms with E-state index < -0.39 is 83.9 Å². The SMILES string of the molecule is C=CC[C@H]1C(=O)C[C@H](O)[C@@H](C)[C@@H](/C(C)=C/[C@@H]2CC[C@@H](O)[C@H](OC)C2)OC(=O)[C@@H]2CCCCN2C(=O)C(=O)[C@]2(O)O[C@H]([C@@H](OC)C[C@@H](C)CC1C)[C@@H](OC)C[C@H]2C. The quantitative estimate of drug-likeness (QED) is 0.189. The Labute approximate surface area is 333 Å². The molecule has 0 radical (unpaired) electrons. The van der Waals surface area contributed by atoms with Gasteiger partial charge in [0.05, 0.1) is 30.5 Å². The lowest BCUT2D eigenvalue weighted by atomic mass is 9.77. The standard InChI is InChI=1S/C43H69NO12/c1-10-13-30-25(3)18-24(2)19-36(53-8)39-37(54-9)21-27(5)43(51,56-39)40(48)41(49)44-17-12-11-14-31(44)42(50)55-38(28(6)33(46)23-34(30)47)26(4)20-29-15-16-32(45)35(22-29)52-7/h10,20,24-25,27-33,35-39,45-46,51H,1,11-19,21-23H2,2-9H3/b26-20+/t24-,25?,27+,28+,29-,30+,31-,32+,33-,35+,36-,37-,38+,39+,43+/m0/s1. The molecule has 15 atom stereocenters. The number of rotatable bonds is 7. The maximum atomic E-state index is 14.3. The zero-order valence-electron chi connectivity index (χ0n) is 34.9. The number of carbonyl (C=O) groups excluding carboxylic acids is 4. The van der Waals surface area contributed by atoms with Gasteiger partial charge in [-0.1, -0.05) is 39.8 Å². The fraction of sp³-hybridized carbons (Fsp3) is 0.814. The van der Waals surface area contributed by atoms with Gasteiger partial charge in [-0.15, -0.1) is 6.58 Å². The summed E-state index contributed by atoms with van der Waals surface area (Å²) in [4.78, 5) is 57.9. The van der Waals surface area contributed by atoms with Gasteiger partial charge in [-0.05, 0) is 94.5 Å². The second-order valence-corrected chi connectivity index (χ2v) is 17.3. The first kappa shape index (κ1) is 46.2. The summed E-state index contributed by atoms with van der Waals surface area (Å²) < 4.78 is 29.8. The molecule has 3 saturated heterocycles. The van der Waals surface area contributed by atoms with E-state index in [1.165, 1.54) is 19.1 Å². The van der Waals surface area contributed by atoms with E-state index in [1.54, 1.807) is 27.0 Å². The zero-order chi connectivity index (χ0) is 41.5. The number of hydrogen-bond donors (Lipinski definition) is 3. The van der Waals surface area contributed by atoms with E-state index in [0.717, 1.165) is 0 Å². The van der Waals surface area contributed by atoms with Gasteiger partial charge in [-0.3, -0.25) is 14.4 Å². The number of fused-ring (bicyclic) bond motifs is 3. The van der Waals surface area contributed by atoms with E-state index in [4.69, 9.17) is 23.7 Å². The summed E-state index contributed by atoms with van der Waals surface area (Å²) in [6.07, 6.45) is 3.21. The Balaban J connectivity index is 1.77. The highest BCUT2D eigenvalue weighted by Gasteiger charge is 2.56. The van der Waals surface area contributed by atoms with Gasteiger partial charge in [0, 0.05) is 52.0 Å². The fourth-order valence-electron chi connectivity index (χ4n) is 9.66. The molecule has 0 spiro atoms. The number of piperidine rings is 1. The lowest BCUT2D eigenvalue weighted by Gasteiger charge is -2.47. The molecule has 318 valence electrons. The smallest absolute Gasteiger partial charge is 0.329 e. The number of cyclic esters (lactones) is 1. The van der Waals surface area contributed by atoms with Crippen molar-refractivity contribution < 1.29 is 58.2 Å². The first-order valence-electron chi connectivity index (χ1n) is 20.7. The lowest BCUT2D eigenvalue weighted by Crippen LogP contribution is -2.64. The third kappa shape index (κ3) is 10.6. The number of amides is 1. The van der Waals surface area contributed by atoms with Crippen LogP contribution in [0.1, 0.15) is 105 Å². The van der Waals surface area contributed by atoms with Crippen LogP contribution in [0.15, 0.2) is 24.3 Å². The van der Waals surface area contributed by atoms with Crippen LogP contribution < -0.4 is 0 Å². The van der Waals surface area contributed by atoms with Crippen molar-refractivity contribution in [3.8, 4) is 0 Å². The van der Waals surface area contributed by atoms with Crippen molar-refractivity contribution in [1.82, 2.24) is 4.90 Å². The van der Waals surface area contributed by atoms with Crippen molar-refractivity contribution in [2.45, 2.75) is 160 Å². The Bertz CT molecular complexity index is 1400. The van der Waals surface area contributed by atoms with Crippen LogP contribution in [-0.2, 0) is 42.9 Å². The van der Waals surface area contributed by atoms with E-state index >= 15 is 0 Å². The summed E-state index contributed by atoms with van der Waals surface area (Å²) in [7, 11) is 4.61. The van der Waals surface area contributed by atoms with Crippen LogP contribution in [0.4, 0.5) is 0 Å². The van der Waals surface area contributed by atoms with E-state index in [-0.39, 0.29) is 55.4 Å². The number of allylic oxidation sites excluding steroid dienone is 2. The molecule has 3 heterocycles. The average molecular weight is 792 g/mol. The molecule has 0 aromatic heterocycles. The number of carbonyl (C=O) groups is 4. The largest absolute Gasteiger partial charge is 0.456 e. The highest BCUT2D eigenvalue weighted by atomic mass is 16.7. The summed E-state index contributed by atoms with van der Waals surface area (Å²) in [6.45, 7) is 13.2. The number of esters is 1. The molecule has 56 heavy (non-hydrogen) atoms. The molecule has 1 amide bonds. The summed E-state index contributed by atoms with van der Waals surface area (Å²) in [6, 6.07) is -1.13. The summed E-state index contributed by atoms with van der Waals surface area (Å²) in [5, 5.41) is 34.2. The second-order valence-electron chi connectivity index (χ2n) is 17.3. The molecule has 1 aliphatic carbocycles. The van der Waals surface area contributed by atoms with E-state index in [9.17, 15) is 34.5 Å². The molecule has 2 bridgehead atoms. The van der Waals surface area contributed by atoms with Crippen LogP contribution in [0.2, 0.25) is 0 Å². The molecule has 1 saturated carbocycles. The molecule has 0 aromatic carbocycles. The molecule has 3 N–H and O–H groups in total. The maximum Gasteiger partial charge on any atom is 0.329 e. The Morgan fingerprint density at radius 3 is 2.20 bits per heavy atom. The number of aliphatic hydroxyl groups excluding tert-OH is 2. The van der Waals surface area contributed by atoms with Gasteiger partial charge in [0.15, 0.2) is 0 Å². The molecular formula is C43H69NO12. The van der Waals surface area contributed by atoms with Crippen molar-refractivity contribution in [3.05, 3.63) is 24.3 Å². The number of aliphatic hydroxyl groups is 3. The summed E-state index contributed by atoms with van der Waals surface area (Å²) in [5.41, 5.74) is 0.663. The van der Waals surface area contributed by atoms with Crippen molar-refractivity contribution >= 4 is 23.4 Å². The van der Waals surface area contributed by atoms with E-state index in [1.807, 2.05) is 26.8 Å². The van der Waals surface area contributed by atoms with Crippen LogP contribution in [-0.4, -0.2) is 126 Å². The predicted octanol–water partition coefficient (Wildman–Crippen LogP) is 4.33. The van der Waals surface area contributed by atoms with Gasteiger partial charge in [0.2, 0.25) is 5.79 Å². The Kier molecular flexibility index (Phi) is 16.9. The highest BCUT2D eigenvalue weighted by molar-refractivity contribution is 6.39. The zero-order valence-corrected chi connectivity index (χ0v) is 34.9. The molecule has 1 unspecified atom stereocenters. The van der Waals surface area contributed by atoms with Crippen molar-refractivity contribution in [3.63, 3.8) is 0 Å². The molecule has 13 heteroatoms.